The van der Waals surface area contributed by atoms with Crippen molar-refractivity contribution >= 4 is 17.2 Å². The number of hydrogen-bond donors (Lipinski definition) is 0. The Morgan fingerprint density at radius 3 is 2.91 bits per heavy atom. The van der Waals surface area contributed by atoms with Crippen molar-refractivity contribution in [2.24, 2.45) is 0 Å². The fourth-order valence-corrected chi connectivity index (χ4v) is 4.13. The summed E-state index contributed by atoms with van der Waals surface area (Å²) in [5, 5.41) is 4.23. The molecule has 1 aromatic rings. The number of hydrogen-bond acceptors (Lipinski definition) is 4. The highest BCUT2D eigenvalue weighted by Gasteiger charge is 2.28. The molecule has 0 saturated carbocycles. The standard InChI is InChI=1S/C17H26N2O2S/c20-17(5-4-15-6-12-22-14-15)19-7-2-1-3-16(19)13-18-8-10-21-11-9-18/h6,12,14,16H,1-5,7-11,13H2/t16-/m1/s1. The molecule has 2 fully saturated rings. The zero-order valence-corrected chi connectivity index (χ0v) is 14.0. The summed E-state index contributed by atoms with van der Waals surface area (Å²) in [6.45, 7) is 5.64. The predicted molar refractivity (Wildman–Crippen MR) is 89.3 cm³/mol. The third kappa shape index (κ3) is 4.31. The molecule has 22 heavy (non-hydrogen) atoms. The molecular formula is C17H26N2O2S. The van der Waals surface area contributed by atoms with Gasteiger partial charge in [0.05, 0.1) is 13.2 Å². The van der Waals surface area contributed by atoms with Crippen molar-refractivity contribution in [3.8, 4) is 0 Å². The Morgan fingerprint density at radius 2 is 2.14 bits per heavy atom. The number of ether oxygens (including phenoxy) is 1. The first-order chi connectivity index (χ1) is 10.8. The van der Waals surface area contributed by atoms with Crippen LogP contribution in [0.2, 0.25) is 0 Å². The van der Waals surface area contributed by atoms with Crippen LogP contribution in [0.4, 0.5) is 0 Å². The number of nitrogens with zero attached hydrogens (tertiary/aromatic N) is 2. The molecule has 4 nitrogen and oxygen atoms in total. The SMILES string of the molecule is O=C(CCc1ccsc1)N1CCCC[C@@H]1CN1CCOCC1. The Balaban J connectivity index is 1.52. The zero-order valence-electron chi connectivity index (χ0n) is 13.2. The molecule has 0 aliphatic carbocycles. The molecule has 5 heteroatoms. The van der Waals surface area contributed by atoms with Gasteiger partial charge in [-0.1, -0.05) is 0 Å². The van der Waals surface area contributed by atoms with Crippen molar-refractivity contribution in [2.75, 3.05) is 39.4 Å². The minimum atomic E-state index is 0.337. The molecule has 122 valence electrons. The molecular weight excluding hydrogens is 296 g/mol. The van der Waals surface area contributed by atoms with Gasteiger partial charge in [-0.25, -0.2) is 0 Å². The van der Waals surface area contributed by atoms with Gasteiger partial charge in [0.15, 0.2) is 0 Å². The van der Waals surface area contributed by atoms with E-state index < -0.39 is 0 Å². The molecule has 1 aromatic heterocycles. The summed E-state index contributed by atoms with van der Waals surface area (Å²) in [5.74, 6) is 0.337. The van der Waals surface area contributed by atoms with Crippen molar-refractivity contribution in [3.63, 3.8) is 0 Å². The first-order valence-electron chi connectivity index (χ1n) is 8.43. The smallest absolute Gasteiger partial charge is 0.223 e. The summed E-state index contributed by atoms with van der Waals surface area (Å²) >= 11 is 1.71. The number of likely N-dealkylation sites (tertiary alicyclic amines) is 1. The van der Waals surface area contributed by atoms with E-state index in [2.05, 4.69) is 26.6 Å². The number of piperidine rings is 1. The average Bonchev–Trinajstić information content (AvgIpc) is 3.08. The van der Waals surface area contributed by atoms with E-state index in [9.17, 15) is 4.79 Å². The largest absolute Gasteiger partial charge is 0.379 e. The molecule has 0 aromatic carbocycles. The van der Waals surface area contributed by atoms with Crippen LogP contribution in [0.25, 0.3) is 0 Å². The molecule has 0 spiro atoms. The normalized spacial score (nSPS) is 23.6. The van der Waals surface area contributed by atoms with Crippen LogP contribution in [0, 0.1) is 0 Å². The molecule has 0 N–H and O–H groups in total. The fraction of sp³-hybridized carbons (Fsp3) is 0.706. The molecule has 2 saturated heterocycles. The van der Waals surface area contributed by atoms with Gasteiger partial charge >= 0.3 is 0 Å². The molecule has 1 atom stereocenters. The van der Waals surface area contributed by atoms with E-state index in [0.29, 0.717) is 18.4 Å². The number of rotatable bonds is 5. The van der Waals surface area contributed by atoms with Crippen LogP contribution in [0.15, 0.2) is 16.8 Å². The molecule has 0 unspecified atom stereocenters. The van der Waals surface area contributed by atoms with Crippen molar-refractivity contribution in [3.05, 3.63) is 22.4 Å². The highest BCUT2D eigenvalue weighted by Crippen LogP contribution is 2.20. The van der Waals surface area contributed by atoms with E-state index in [-0.39, 0.29) is 0 Å². The van der Waals surface area contributed by atoms with Crippen LogP contribution in [0.5, 0.6) is 0 Å². The summed E-state index contributed by atoms with van der Waals surface area (Å²) in [6, 6.07) is 2.53. The average molecular weight is 322 g/mol. The van der Waals surface area contributed by atoms with Crippen molar-refractivity contribution in [2.45, 2.75) is 38.1 Å². The lowest BCUT2D eigenvalue weighted by atomic mass is 10.00. The van der Waals surface area contributed by atoms with E-state index in [1.54, 1.807) is 11.3 Å². The second-order valence-corrected chi connectivity index (χ2v) is 7.06. The number of aryl methyl sites for hydroxylation is 1. The quantitative estimate of drug-likeness (QED) is 0.834. The molecule has 3 heterocycles. The molecule has 3 rings (SSSR count). The van der Waals surface area contributed by atoms with Crippen LogP contribution >= 0.6 is 11.3 Å². The first kappa shape index (κ1) is 16.0. The Hall–Kier alpha value is -0.910. The van der Waals surface area contributed by atoms with Crippen LogP contribution in [0.1, 0.15) is 31.2 Å². The Bertz CT molecular complexity index is 457. The lowest BCUT2D eigenvalue weighted by Crippen LogP contribution is -2.51. The van der Waals surface area contributed by atoms with E-state index in [0.717, 1.165) is 58.7 Å². The highest BCUT2D eigenvalue weighted by atomic mass is 32.1. The van der Waals surface area contributed by atoms with Crippen molar-refractivity contribution in [1.29, 1.82) is 0 Å². The third-order valence-electron chi connectivity index (χ3n) is 4.73. The first-order valence-corrected chi connectivity index (χ1v) is 9.38. The summed E-state index contributed by atoms with van der Waals surface area (Å²) in [4.78, 5) is 17.2. The zero-order chi connectivity index (χ0) is 15.2. The Kier molecular flexibility index (Phi) is 5.87. The number of thiophene rings is 1. The van der Waals surface area contributed by atoms with Crippen LogP contribution in [0.3, 0.4) is 0 Å². The third-order valence-corrected chi connectivity index (χ3v) is 5.46. The fourth-order valence-electron chi connectivity index (χ4n) is 3.43. The van der Waals surface area contributed by atoms with Gasteiger partial charge < -0.3 is 9.64 Å². The predicted octanol–water partition coefficient (Wildman–Crippen LogP) is 2.39. The van der Waals surface area contributed by atoms with Gasteiger partial charge in [0, 0.05) is 38.6 Å². The summed E-state index contributed by atoms with van der Waals surface area (Å²) in [6.07, 6.45) is 5.09. The van der Waals surface area contributed by atoms with Crippen LogP contribution in [-0.4, -0.2) is 61.1 Å². The molecule has 0 bridgehead atoms. The maximum Gasteiger partial charge on any atom is 0.223 e. The van der Waals surface area contributed by atoms with Gasteiger partial charge in [-0.15, -0.1) is 0 Å². The van der Waals surface area contributed by atoms with Gasteiger partial charge in [0.2, 0.25) is 5.91 Å². The summed E-state index contributed by atoms with van der Waals surface area (Å²) in [7, 11) is 0. The van der Waals surface area contributed by atoms with Crippen LogP contribution in [-0.2, 0) is 16.0 Å². The van der Waals surface area contributed by atoms with Gasteiger partial charge in [-0.2, -0.15) is 11.3 Å². The summed E-state index contributed by atoms with van der Waals surface area (Å²) < 4.78 is 5.42. The van der Waals surface area contributed by atoms with Crippen molar-refractivity contribution < 1.29 is 9.53 Å². The second-order valence-electron chi connectivity index (χ2n) is 6.28. The van der Waals surface area contributed by atoms with E-state index in [1.807, 2.05) is 0 Å². The maximum atomic E-state index is 12.6. The van der Waals surface area contributed by atoms with Gasteiger partial charge in [-0.3, -0.25) is 9.69 Å². The van der Waals surface area contributed by atoms with Gasteiger partial charge in [0.25, 0.3) is 0 Å². The topological polar surface area (TPSA) is 32.8 Å². The summed E-state index contributed by atoms with van der Waals surface area (Å²) in [5.41, 5.74) is 1.29. The lowest BCUT2D eigenvalue weighted by molar-refractivity contribution is -0.135. The molecule has 2 aliphatic heterocycles. The number of carbonyl (C=O) groups excluding carboxylic acids is 1. The number of morpholine rings is 1. The van der Waals surface area contributed by atoms with Gasteiger partial charge in [-0.05, 0) is 48.1 Å². The second kappa shape index (κ2) is 8.09. The van der Waals surface area contributed by atoms with E-state index in [4.69, 9.17) is 4.74 Å². The van der Waals surface area contributed by atoms with Crippen LogP contribution < -0.4 is 0 Å². The molecule has 1 amide bonds. The maximum absolute atomic E-state index is 12.6. The van der Waals surface area contributed by atoms with Crippen molar-refractivity contribution in [1.82, 2.24) is 9.80 Å². The Morgan fingerprint density at radius 1 is 1.27 bits per heavy atom. The lowest BCUT2D eigenvalue weighted by Gasteiger charge is -2.39. The monoisotopic (exact) mass is 322 g/mol. The minimum absolute atomic E-state index is 0.337. The molecule has 0 radical (unpaired) electrons. The van der Waals surface area contributed by atoms with Gasteiger partial charge in [0.1, 0.15) is 0 Å². The molecule has 2 aliphatic rings. The number of carbonyl (C=O) groups is 1. The Labute approximate surface area is 137 Å². The van der Waals surface area contributed by atoms with E-state index in [1.165, 1.54) is 12.0 Å². The number of amides is 1. The highest BCUT2D eigenvalue weighted by molar-refractivity contribution is 7.07. The minimum Gasteiger partial charge on any atom is -0.379 e. The van der Waals surface area contributed by atoms with E-state index >= 15 is 0 Å².